The fourth-order valence-electron chi connectivity index (χ4n) is 3.46. The molecule has 0 spiro atoms. The summed E-state index contributed by atoms with van der Waals surface area (Å²) in [6.45, 7) is 1.41. The van der Waals surface area contributed by atoms with E-state index < -0.39 is 6.03 Å². The molecule has 140 valence electrons. The summed E-state index contributed by atoms with van der Waals surface area (Å²) in [5, 5.41) is 6.09. The Morgan fingerprint density at radius 1 is 1.26 bits per heavy atom. The maximum Gasteiger partial charge on any atom is 0.321 e. The van der Waals surface area contributed by atoms with Gasteiger partial charge in [0.15, 0.2) is 11.6 Å². The van der Waals surface area contributed by atoms with Crippen molar-refractivity contribution in [3.63, 3.8) is 0 Å². The lowest BCUT2D eigenvalue weighted by atomic mass is 10.2. The minimum Gasteiger partial charge on any atom is -0.467 e. The van der Waals surface area contributed by atoms with Gasteiger partial charge in [0.25, 0.3) is 5.91 Å². The second kappa shape index (κ2) is 7.89. The number of imide groups is 1. The molecule has 1 saturated heterocycles. The number of carbonyl (C=O) groups excluding carboxylic acids is 2. The molecule has 3 heterocycles. The van der Waals surface area contributed by atoms with Crippen LogP contribution in [0.5, 0.6) is 0 Å². The van der Waals surface area contributed by atoms with Crippen molar-refractivity contribution in [3.05, 3.63) is 53.4 Å². The molecule has 1 aromatic carbocycles. The number of urea groups is 1. The Morgan fingerprint density at radius 3 is 2.96 bits per heavy atom. The lowest BCUT2D eigenvalue weighted by Crippen LogP contribution is -3.11. The Morgan fingerprint density at radius 2 is 2.15 bits per heavy atom. The number of quaternary nitrogens is 1. The molecule has 7 nitrogen and oxygen atoms in total. The minimum atomic E-state index is -0.508. The molecule has 1 fully saturated rings. The predicted octanol–water partition coefficient (Wildman–Crippen LogP) is 1.64. The molecule has 0 aliphatic carbocycles. The number of rotatable bonds is 5. The van der Waals surface area contributed by atoms with Crippen LogP contribution in [0.3, 0.4) is 0 Å². The first-order chi connectivity index (χ1) is 13.2. The molecule has 0 saturated carbocycles. The summed E-state index contributed by atoms with van der Waals surface area (Å²) in [6.07, 6.45) is 3.60. The summed E-state index contributed by atoms with van der Waals surface area (Å²) in [6, 6.07) is 11.3. The molecule has 3 amide bonds. The Balaban J connectivity index is 1.33. The monoisotopic (exact) mass is 385 g/mol. The third-order valence-corrected chi connectivity index (χ3v) is 5.89. The number of carbonyl (C=O) groups is 2. The number of aromatic nitrogens is 1. The van der Waals surface area contributed by atoms with Crippen molar-refractivity contribution in [2.75, 3.05) is 13.1 Å². The largest absolute Gasteiger partial charge is 0.467 e. The first kappa shape index (κ1) is 17.7. The number of furan rings is 1. The van der Waals surface area contributed by atoms with E-state index in [0.29, 0.717) is 5.76 Å². The number of nitrogens with zero attached hydrogens (tertiary/aromatic N) is 1. The molecule has 3 N–H and O–H groups in total. The Kier molecular flexibility index (Phi) is 5.17. The molecule has 27 heavy (non-hydrogen) atoms. The predicted molar refractivity (Wildman–Crippen MR) is 101 cm³/mol. The fourth-order valence-corrected chi connectivity index (χ4v) is 4.62. The number of thiazole rings is 1. The van der Waals surface area contributed by atoms with Gasteiger partial charge in [-0.05, 0) is 24.3 Å². The van der Waals surface area contributed by atoms with Gasteiger partial charge in [0, 0.05) is 12.8 Å². The highest BCUT2D eigenvalue weighted by Gasteiger charge is 2.34. The lowest BCUT2D eigenvalue weighted by molar-refractivity contribution is -0.910. The van der Waals surface area contributed by atoms with Crippen molar-refractivity contribution in [1.82, 2.24) is 15.6 Å². The number of likely N-dealkylation sites (tertiary alicyclic amines) is 1. The number of nitrogens with one attached hydrogen (secondary N) is 3. The highest BCUT2D eigenvalue weighted by atomic mass is 32.1. The van der Waals surface area contributed by atoms with Crippen molar-refractivity contribution < 1.29 is 18.9 Å². The average molecular weight is 385 g/mol. The van der Waals surface area contributed by atoms with E-state index in [-0.39, 0.29) is 25.0 Å². The van der Waals surface area contributed by atoms with E-state index in [1.807, 2.05) is 18.2 Å². The number of hydrogen-bond donors (Lipinski definition) is 3. The molecule has 0 bridgehead atoms. The summed E-state index contributed by atoms with van der Waals surface area (Å²) in [7, 11) is 0. The van der Waals surface area contributed by atoms with Crippen molar-refractivity contribution in [1.29, 1.82) is 0 Å². The smallest absolute Gasteiger partial charge is 0.321 e. The highest BCUT2D eigenvalue weighted by molar-refractivity contribution is 7.18. The van der Waals surface area contributed by atoms with Crippen LogP contribution in [-0.4, -0.2) is 30.0 Å². The van der Waals surface area contributed by atoms with Crippen LogP contribution in [0.1, 0.15) is 29.7 Å². The quantitative estimate of drug-likeness (QED) is 0.623. The van der Waals surface area contributed by atoms with Gasteiger partial charge < -0.3 is 14.6 Å². The Bertz CT molecular complexity index is 904. The van der Waals surface area contributed by atoms with Gasteiger partial charge >= 0.3 is 6.03 Å². The SMILES string of the molecule is O=C(C[NH+]1CCC[C@@H]1c1nc2ccccc2s1)NC(=O)NCc1ccco1. The molecule has 1 aliphatic rings. The second-order valence-corrected chi connectivity index (χ2v) is 7.67. The maximum atomic E-state index is 12.3. The molecular formula is C19H21N4O3S+. The van der Waals surface area contributed by atoms with Gasteiger partial charge in [-0.15, -0.1) is 11.3 Å². The number of hydrogen-bond acceptors (Lipinski definition) is 5. The molecular weight excluding hydrogens is 364 g/mol. The summed E-state index contributed by atoms with van der Waals surface area (Å²) < 4.78 is 6.31. The third kappa shape index (κ3) is 4.17. The molecule has 3 aromatic rings. The minimum absolute atomic E-state index is 0.208. The molecule has 1 unspecified atom stereocenters. The van der Waals surface area contributed by atoms with Crippen LogP contribution < -0.4 is 15.5 Å². The van der Waals surface area contributed by atoms with Gasteiger partial charge in [-0.25, -0.2) is 9.78 Å². The van der Waals surface area contributed by atoms with Crippen LogP contribution in [-0.2, 0) is 11.3 Å². The van der Waals surface area contributed by atoms with Crippen LogP contribution in [0.15, 0.2) is 47.1 Å². The van der Waals surface area contributed by atoms with E-state index in [1.165, 1.54) is 4.70 Å². The van der Waals surface area contributed by atoms with Gasteiger partial charge in [0.1, 0.15) is 11.8 Å². The van der Waals surface area contributed by atoms with E-state index in [1.54, 1.807) is 29.7 Å². The van der Waals surface area contributed by atoms with Crippen molar-refractivity contribution >= 4 is 33.5 Å². The summed E-state index contributed by atoms with van der Waals surface area (Å²) >= 11 is 1.69. The van der Waals surface area contributed by atoms with Crippen molar-refractivity contribution in [2.45, 2.75) is 25.4 Å². The van der Waals surface area contributed by atoms with Gasteiger partial charge in [-0.2, -0.15) is 0 Å². The van der Waals surface area contributed by atoms with Gasteiger partial charge in [0.05, 0.1) is 29.6 Å². The Labute approximate surface area is 160 Å². The van der Waals surface area contributed by atoms with Crippen LogP contribution in [0.4, 0.5) is 4.79 Å². The standard InChI is InChI=1S/C19H20N4O3S/c24-17(22-19(25)20-11-13-5-4-10-26-13)12-23-9-3-7-15(23)18-21-14-6-1-2-8-16(14)27-18/h1-2,4-6,8,10,15H,3,7,9,11-12H2,(H2,20,22,24,25)/p+1/t15-/m1/s1. The number of para-hydroxylation sites is 1. The average Bonchev–Trinajstić information content (AvgIpc) is 3.39. The highest BCUT2D eigenvalue weighted by Crippen LogP contribution is 2.28. The summed E-state index contributed by atoms with van der Waals surface area (Å²) in [5.41, 5.74) is 1.01. The Hall–Kier alpha value is -2.71. The van der Waals surface area contributed by atoms with E-state index >= 15 is 0 Å². The van der Waals surface area contributed by atoms with E-state index in [9.17, 15) is 9.59 Å². The van der Waals surface area contributed by atoms with Crippen LogP contribution in [0.25, 0.3) is 10.2 Å². The number of benzene rings is 1. The van der Waals surface area contributed by atoms with Crippen molar-refractivity contribution in [2.24, 2.45) is 0 Å². The van der Waals surface area contributed by atoms with Gasteiger partial charge in [0.2, 0.25) is 0 Å². The maximum absolute atomic E-state index is 12.3. The molecule has 4 rings (SSSR count). The third-order valence-electron chi connectivity index (χ3n) is 4.74. The van der Waals surface area contributed by atoms with E-state index in [2.05, 4.69) is 16.7 Å². The molecule has 2 aromatic heterocycles. The first-order valence-electron chi connectivity index (χ1n) is 8.99. The lowest BCUT2D eigenvalue weighted by Gasteiger charge is -2.19. The fraction of sp³-hybridized carbons (Fsp3) is 0.316. The van der Waals surface area contributed by atoms with E-state index in [4.69, 9.17) is 9.40 Å². The summed E-state index contributed by atoms with van der Waals surface area (Å²) in [4.78, 5) is 30.1. The van der Waals surface area contributed by atoms with Crippen LogP contribution >= 0.6 is 11.3 Å². The number of fused-ring (bicyclic) bond motifs is 1. The molecule has 0 radical (unpaired) electrons. The zero-order chi connectivity index (χ0) is 18.6. The van der Waals surface area contributed by atoms with Gasteiger partial charge in [-0.1, -0.05) is 12.1 Å². The van der Waals surface area contributed by atoms with Crippen LogP contribution in [0, 0.1) is 0 Å². The molecule has 2 atom stereocenters. The first-order valence-corrected chi connectivity index (χ1v) is 9.81. The number of amides is 3. The van der Waals surface area contributed by atoms with E-state index in [0.717, 1.165) is 34.8 Å². The van der Waals surface area contributed by atoms with Gasteiger partial charge in [-0.3, -0.25) is 10.1 Å². The van der Waals surface area contributed by atoms with Crippen molar-refractivity contribution in [3.8, 4) is 0 Å². The zero-order valence-electron chi connectivity index (χ0n) is 14.7. The summed E-state index contributed by atoms with van der Waals surface area (Å²) in [5.74, 6) is 0.355. The molecule has 8 heteroatoms. The molecule has 1 aliphatic heterocycles. The second-order valence-electron chi connectivity index (χ2n) is 6.61. The normalized spacial score (nSPS) is 19.3. The topological polar surface area (TPSA) is 88.7 Å². The van der Waals surface area contributed by atoms with Crippen LogP contribution in [0.2, 0.25) is 0 Å². The zero-order valence-corrected chi connectivity index (χ0v) is 15.6.